The first-order valence-corrected chi connectivity index (χ1v) is 9.01. The van der Waals surface area contributed by atoms with Gasteiger partial charge >= 0.3 is 0 Å². The Balaban J connectivity index is 1.55. The molecular weight excluding hydrogens is 361 g/mol. The Kier molecular flexibility index (Phi) is 4.73. The second-order valence-corrected chi connectivity index (χ2v) is 6.85. The fraction of sp³-hybridized carbons (Fsp3) is 0.238. The summed E-state index contributed by atoms with van der Waals surface area (Å²) in [5.74, 6) is 1.38. The van der Waals surface area contributed by atoms with Crippen LogP contribution < -0.4 is 9.47 Å². The van der Waals surface area contributed by atoms with Crippen molar-refractivity contribution in [3.63, 3.8) is 0 Å². The summed E-state index contributed by atoms with van der Waals surface area (Å²) < 4.78 is 24.2. The minimum Gasteiger partial charge on any atom is -0.454 e. The van der Waals surface area contributed by atoms with Crippen LogP contribution >= 0.6 is 0 Å². The molecule has 3 aromatic rings. The van der Waals surface area contributed by atoms with Crippen molar-refractivity contribution in [2.75, 3.05) is 6.79 Å². The molecule has 4 rings (SSSR count). The molecule has 1 aromatic heterocycles. The van der Waals surface area contributed by atoms with E-state index in [0.717, 1.165) is 17.0 Å². The molecule has 0 aliphatic carbocycles. The zero-order valence-corrected chi connectivity index (χ0v) is 15.6. The van der Waals surface area contributed by atoms with Gasteiger partial charge in [0.2, 0.25) is 6.79 Å². The molecule has 0 radical (unpaired) electrons. The standard InChI is InChI=1S/C21H20FN3O3/c1-13(2)25(21(26)15-4-3-5-16(22)8-15)11-20-23-10-17(24-20)14-6-7-18-19(9-14)28-12-27-18/h3-10,13H,11-12H2,1-2H3,(H,23,24). The maximum atomic E-state index is 13.5. The number of carbonyl (C=O) groups excluding carboxylic acids is 1. The van der Waals surface area contributed by atoms with Crippen LogP contribution in [0.2, 0.25) is 0 Å². The van der Waals surface area contributed by atoms with Crippen LogP contribution in [0.25, 0.3) is 11.3 Å². The van der Waals surface area contributed by atoms with E-state index >= 15 is 0 Å². The number of fused-ring (bicyclic) bond motifs is 1. The third-order valence-corrected chi connectivity index (χ3v) is 4.59. The Bertz CT molecular complexity index is 1020. The summed E-state index contributed by atoms with van der Waals surface area (Å²) in [6, 6.07) is 11.3. The lowest BCUT2D eigenvalue weighted by Gasteiger charge is -2.26. The first kappa shape index (κ1) is 18.0. The van der Waals surface area contributed by atoms with Crippen molar-refractivity contribution in [3.8, 4) is 22.8 Å². The summed E-state index contributed by atoms with van der Waals surface area (Å²) >= 11 is 0. The maximum Gasteiger partial charge on any atom is 0.254 e. The summed E-state index contributed by atoms with van der Waals surface area (Å²) in [7, 11) is 0. The van der Waals surface area contributed by atoms with Crippen LogP contribution in [0, 0.1) is 5.82 Å². The topological polar surface area (TPSA) is 67.5 Å². The third-order valence-electron chi connectivity index (χ3n) is 4.59. The fourth-order valence-corrected chi connectivity index (χ4v) is 3.09. The third kappa shape index (κ3) is 3.55. The molecule has 0 unspecified atom stereocenters. The Hall–Kier alpha value is -3.35. The zero-order valence-electron chi connectivity index (χ0n) is 15.6. The van der Waals surface area contributed by atoms with Gasteiger partial charge in [0, 0.05) is 17.2 Å². The smallest absolute Gasteiger partial charge is 0.254 e. The lowest BCUT2D eigenvalue weighted by molar-refractivity contribution is 0.0685. The largest absolute Gasteiger partial charge is 0.454 e. The van der Waals surface area contributed by atoms with Gasteiger partial charge in [0.25, 0.3) is 5.91 Å². The number of aromatic nitrogens is 2. The number of hydrogen-bond acceptors (Lipinski definition) is 4. The highest BCUT2D eigenvalue weighted by molar-refractivity contribution is 5.94. The highest BCUT2D eigenvalue weighted by Gasteiger charge is 2.21. The number of nitrogens with one attached hydrogen (secondary N) is 1. The van der Waals surface area contributed by atoms with Crippen LogP contribution in [-0.4, -0.2) is 33.6 Å². The van der Waals surface area contributed by atoms with Crippen LogP contribution in [0.15, 0.2) is 48.7 Å². The molecule has 1 aliphatic rings. The monoisotopic (exact) mass is 381 g/mol. The quantitative estimate of drug-likeness (QED) is 0.726. The molecule has 0 saturated carbocycles. The van der Waals surface area contributed by atoms with Crippen molar-refractivity contribution < 1.29 is 18.7 Å². The second-order valence-electron chi connectivity index (χ2n) is 6.85. The molecule has 2 aromatic carbocycles. The van der Waals surface area contributed by atoms with Crippen LogP contribution in [0.1, 0.15) is 30.0 Å². The van der Waals surface area contributed by atoms with E-state index in [2.05, 4.69) is 9.97 Å². The number of amides is 1. The Morgan fingerprint density at radius 2 is 2.04 bits per heavy atom. The molecule has 0 bridgehead atoms. The molecule has 28 heavy (non-hydrogen) atoms. The van der Waals surface area contributed by atoms with E-state index in [0.29, 0.717) is 17.1 Å². The van der Waals surface area contributed by atoms with Gasteiger partial charge in [-0.05, 0) is 50.2 Å². The van der Waals surface area contributed by atoms with Crippen molar-refractivity contribution in [2.24, 2.45) is 0 Å². The second kappa shape index (κ2) is 7.34. The van der Waals surface area contributed by atoms with Crippen LogP contribution in [0.4, 0.5) is 4.39 Å². The number of carbonyl (C=O) groups is 1. The van der Waals surface area contributed by atoms with Gasteiger partial charge < -0.3 is 19.4 Å². The number of benzene rings is 2. The lowest BCUT2D eigenvalue weighted by atomic mass is 10.1. The number of ether oxygens (including phenoxy) is 2. The Morgan fingerprint density at radius 1 is 1.21 bits per heavy atom. The zero-order chi connectivity index (χ0) is 19.7. The van der Waals surface area contributed by atoms with Crippen molar-refractivity contribution in [2.45, 2.75) is 26.4 Å². The van der Waals surface area contributed by atoms with Crippen LogP contribution in [0.3, 0.4) is 0 Å². The molecule has 1 N–H and O–H groups in total. The van der Waals surface area contributed by atoms with E-state index in [4.69, 9.17) is 9.47 Å². The van der Waals surface area contributed by atoms with E-state index < -0.39 is 5.82 Å². The molecule has 1 aliphatic heterocycles. The predicted octanol–water partition coefficient (Wildman–Crippen LogP) is 4.00. The number of hydrogen-bond donors (Lipinski definition) is 1. The normalized spacial score (nSPS) is 12.4. The Labute approximate surface area is 161 Å². The predicted molar refractivity (Wildman–Crippen MR) is 102 cm³/mol. The van der Waals surface area contributed by atoms with Gasteiger partial charge in [-0.2, -0.15) is 0 Å². The molecule has 6 nitrogen and oxygen atoms in total. The number of halogens is 1. The molecule has 144 valence electrons. The molecule has 1 amide bonds. The number of aromatic amines is 1. The van der Waals surface area contributed by atoms with Gasteiger partial charge in [-0.25, -0.2) is 9.37 Å². The van der Waals surface area contributed by atoms with Gasteiger partial charge in [-0.15, -0.1) is 0 Å². The molecule has 0 fully saturated rings. The number of H-pyrrole nitrogens is 1. The van der Waals surface area contributed by atoms with Gasteiger partial charge in [0.1, 0.15) is 11.6 Å². The SMILES string of the molecule is CC(C)N(Cc1ncc(-c2ccc3c(c2)OCO3)[nH]1)C(=O)c1cccc(F)c1. The van der Waals surface area contributed by atoms with E-state index in [1.54, 1.807) is 17.2 Å². The summed E-state index contributed by atoms with van der Waals surface area (Å²) in [5.41, 5.74) is 2.04. The molecular formula is C21H20FN3O3. The van der Waals surface area contributed by atoms with Crippen LogP contribution in [0.5, 0.6) is 11.5 Å². The highest BCUT2D eigenvalue weighted by Crippen LogP contribution is 2.35. The van der Waals surface area contributed by atoms with Crippen molar-refractivity contribution in [3.05, 3.63) is 65.9 Å². The number of nitrogens with zero attached hydrogens (tertiary/aromatic N) is 2. The van der Waals surface area contributed by atoms with E-state index in [9.17, 15) is 9.18 Å². The van der Waals surface area contributed by atoms with E-state index in [1.165, 1.54) is 18.2 Å². The number of rotatable bonds is 5. The molecule has 0 spiro atoms. The summed E-state index contributed by atoms with van der Waals surface area (Å²) in [6.07, 6.45) is 1.72. The van der Waals surface area contributed by atoms with E-state index in [1.807, 2.05) is 32.0 Å². The fourth-order valence-electron chi connectivity index (χ4n) is 3.09. The average molecular weight is 381 g/mol. The van der Waals surface area contributed by atoms with Gasteiger partial charge in [-0.1, -0.05) is 6.07 Å². The van der Waals surface area contributed by atoms with E-state index in [-0.39, 0.29) is 25.3 Å². The molecule has 0 saturated heterocycles. The maximum absolute atomic E-state index is 13.5. The average Bonchev–Trinajstić information content (AvgIpc) is 3.34. The van der Waals surface area contributed by atoms with Gasteiger partial charge in [0.15, 0.2) is 11.5 Å². The number of imidazole rings is 1. The van der Waals surface area contributed by atoms with Crippen molar-refractivity contribution in [1.82, 2.24) is 14.9 Å². The summed E-state index contributed by atoms with van der Waals surface area (Å²) in [5, 5.41) is 0. The molecule has 0 atom stereocenters. The highest BCUT2D eigenvalue weighted by atomic mass is 19.1. The van der Waals surface area contributed by atoms with Crippen molar-refractivity contribution >= 4 is 5.91 Å². The minimum atomic E-state index is -0.433. The first-order valence-electron chi connectivity index (χ1n) is 9.01. The van der Waals surface area contributed by atoms with Crippen LogP contribution in [-0.2, 0) is 6.54 Å². The molecule has 7 heteroatoms. The summed E-state index contributed by atoms with van der Waals surface area (Å²) in [4.78, 5) is 22.1. The minimum absolute atomic E-state index is 0.0742. The van der Waals surface area contributed by atoms with Gasteiger partial charge in [-0.3, -0.25) is 4.79 Å². The Morgan fingerprint density at radius 3 is 2.82 bits per heavy atom. The van der Waals surface area contributed by atoms with Crippen molar-refractivity contribution in [1.29, 1.82) is 0 Å². The first-order chi connectivity index (χ1) is 13.5. The van der Waals surface area contributed by atoms with Gasteiger partial charge in [0.05, 0.1) is 18.4 Å². The lowest BCUT2D eigenvalue weighted by Crippen LogP contribution is -2.36. The molecule has 2 heterocycles. The summed E-state index contributed by atoms with van der Waals surface area (Å²) in [6.45, 7) is 4.34.